The second-order valence-electron chi connectivity index (χ2n) is 2.22. The fraction of sp³-hybridized carbons (Fsp3) is 0.500. The quantitative estimate of drug-likeness (QED) is 0.583. The summed E-state index contributed by atoms with van der Waals surface area (Å²) >= 11 is 0. The van der Waals surface area contributed by atoms with Crippen molar-refractivity contribution in [2.75, 3.05) is 11.5 Å². The van der Waals surface area contributed by atoms with Gasteiger partial charge in [0.15, 0.2) is 0 Å². The van der Waals surface area contributed by atoms with Crippen molar-refractivity contribution in [2.45, 2.75) is 13.3 Å². The van der Waals surface area contributed by atoms with Crippen LogP contribution in [-0.2, 0) is 13.5 Å². The predicted molar refractivity (Wildman–Crippen MR) is 41.4 cm³/mol. The number of anilines is 2. The molecule has 4 nitrogen and oxygen atoms in total. The van der Waals surface area contributed by atoms with Gasteiger partial charge >= 0.3 is 0 Å². The Bertz CT molecular complexity index is 238. The van der Waals surface area contributed by atoms with Gasteiger partial charge in [-0.2, -0.15) is 5.10 Å². The van der Waals surface area contributed by atoms with E-state index in [1.54, 1.807) is 11.7 Å². The van der Waals surface area contributed by atoms with Crippen molar-refractivity contribution in [1.29, 1.82) is 0 Å². The summed E-state index contributed by atoms with van der Waals surface area (Å²) in [6.07, 6.45) is 0.830. The molecule has 0 spiro atoms. The van der Waals surface area contributed by atoms with Crippen LogP contribution in [0.15, 0.2) is 0 Å². The molecule has 0 amide bonds. The monoisotopic (exact) mass is 140 g/mol. The molecule has 0 unspecified atom stereocenters. The van der Waals surface area contributed by atoms with Gasteiger partial charge in [0.05, 0.1) is 11.4 Å². The minimum absolute atomic E-state index is 0.553. The van der Waals surface area contributed by atoms with Crippen LogP contribution in [-0.4, -0.2) is 9.78 Å². The summed E-state index contributed by atoms with van der Waals surface area (Å²) in [5.41, 5.74) is 12.7. The molecule has 0 aliphatic rings. The lowest BCUT2D eigenvalue weighted by atomic mass is 10.3. The molecule has 4 heteroatoms. The lowest BCUT2D eigenvalue weighted by Gasteiger charge is -1.91. The minimum atomic E-state index is 0.553. The van der Waals surface area contributed by atoms with Gasteiger partial charge in [-0.05, 0) is 6.42 Å². The Labute approximate surface area is 59.8 Å². The highest BCUT2D eigenvalue weighted by atomic mass is 15.3. The predicted octanol–water partition coefficient (Wildman–Crippen LogP) is 0.147. The fourth-order valence-corrected chi connectivity index (χ4v) is 0.872. The van der Waals surface area contributed by atoms with Crippen LogP contribution in [0.1, 0.15) is 12.6 Å². The van der Waals surface area contributed by atoms with Crippen molar-refractivity contribution >= 4 is 11.5 Å². The van der Waals surface area contributed by atoms with Crippen molar-refractivity contribution in [2.24, 2.45) is 7.05 Å². The molecule has 1 heterocycles. The highest BCUT2D eigenvalue weighted by molar-refractivity contribution is 5.61. The highest BCUT2D eigenvalue weighted by Gasteiger charge is 2.06. The van der Waals surface area contributed by atoms with Crippen molar-refractivity contribution < 1.29 is 0 Å². The van der Waals surface area contributed by atoms with Crippen LogP contribution in [0.4, 0.5) is 11.5 Å². The van der Waals surface area contributed by atoms with Gasteiger partial charge in [-0.1, -0.05) is 6.92 Å². The van der Waals surface area contributed by atoms with E-state index in [1.807, 2.05) is 6.92 Å². The lowest BCUT2D eigenvalue weighted by molar-refractivity contribution is 0.755. The Morgan fingerprint density at radius 2 is 2.10 bits per heavy atom. The second-order valence-corrected chi connectivity index (χ2v) is 2.22. The average Bonchev–Trinajstić information content (AvgIpc) is 2.17. The molecule has 10 heavy (non-hydrogen) atoms. The molecule has 4 N–H and O–H groups in total. The lowest BCUT2D eigenvalue weighted by Crippen LogP contribution is -1.98. The number of nitrogens with two attached hydrogens (primary N) is 2. The van der Waals surface area contributed by atoms with Gasteiger partial charge in [0.2, 0.25) is 0 Å². The first-order valence-electron chi connectivity index (χ1n) is 3.23. The van der Waals surface area contributed by atoms with Gasteiger partial charge in [-0.3, -0.25) is 4.68 Å². The Morgan fingerprint density at radius 1 is 1.50 bits per heavy atom. The van der Waals surface area contributed by atoms with Crippen molar-refractivity contribution in [1.82, 2.24) is 9.78 Å². The zero-order valence-corrected chi connectivity index (χ0v) is 6.26. The van der Waals surface area contributed by atoms with E-state index in [2.05, 4.69) is 5.10 Å². The van der Waals surface area contributed by atoms with Crippen LogP contribution in [0.2, 0.25) is 0 Å². The van der Waals surface area contributed by atoms with E-state index in [0.717, 1.165) is 12.1 Å². The molecule has 0 saturated carbocycles. The van der Waals surface area contributed by atoms with Gasteiger partial charge in [0.25, 0.3) is 0 Å². The normalized spacial score (nSPS) is 10.2. The van der Waals surface area contributed by atoms with E-state index in [0.29, 0.717) is 11.5 Å². The van der Waals surface area contributed by atoms with Crippen LogP contribution >= 0.6 is 0 Å². The summed E-state index contributed by atoms with van der Waals surface area (Å²) in [6, 6.07) is 0. The Hall–Kier alpha value is -1.19. The molecule has 0 fully saturated rings. The van der Waals surface area contributed by atoms with Crippen molar-refractivity contribution in [3.8, 4) is 0 Å². The van der Waals surface area contributed by atoms with E-state index in [9.17, 15) is 0 Å². The molecular formula is C6H12N4. The van der Waals surface area contributed by atoms with Gasteiger partial charge in [-0.15, -0.1) is 0 Å². The van der Waals surface area contributed by atoms with Crippen LogP contribution in [0.3, 0.4) is 0 Å². The molecule has 1 aromatic heterocycles. The molecule has 0 radical (unpaired) electrons. The number of rotatable bonds is 1. The van der Waals surface area contributed by atoms with E-state index in [-0.39, 0.29) is 0 Å². The summed E-state index contributed by atoms with van der Waals surface area (Å²) in [5.74, 6) is 0.553. The van der Waals surface area contributed by atoms with Crippen LogP contribution in [0.25, 0.3) is 0 Å². The maximum Gasteiger partial charge on any atom is 0.145 e. The van der Waals surface area contributed by atoms with E-state index < -0.39 is 0 Å². The van der Waals surface area contributed by atoms with E-state index >= 15 is 0 Å². The molecule has 0 aliphatic heterocycles. The molecule has 0 aliphatic carbocycles. The zero-order valence-electron chi connectivity index (χ0n) is 6.26. The summed E-state index contributed by atoms with van der Waals surface area (Å²) in [5, 5.41) is 4.09. The Balaban J connectivity index is 3.17. The maximum atomic E-state index is 5.61. The highest BCUT2D eigenvalue weighted by Crippen LogP contribution is 2.17. The first kappa shape index (κ1) is 6.92. The van der Waals surface area contributed by atoms with Crippen molar-refractivity contribution in [3.63, 3.8) is 0 Å². The fourth-order valence-electron chi connectivity index (χ4n) is 0.872. The Kier molecular flexibility index (Phi) is 1.53. The molecule has 0 aromatic carbocycles. The summed E-state index contributed by atoms with van der Waals surface area (Å²) in [7, 11) is 1.78. The molecule has 1 rings (SSSR count). The van der Waals surface area contributed by atoms with Crippen LogP contribution in [0, 0.1) is 0 Å². The largest absolute Gasteiger partial charge is 0.394 e. The summed E-state index contributed by atoms with van der Waals surface area (Å²) in [6.45, 7) is 2.00. The smallest absolute Gasteiger partial charge is 0.145 e. The standard InChI is InChI=1S/C6H12N4/c1-3-4-5(7)6(8)10(2)9-4/h3,7-8H2,1-2H3. The number of hydrogen-bond acceptors (Lipinski definition) is 3. The molecule has 56 valence electrons. The molecule has 0 atom stereocenters. The topological polar surface area (TPSA) is 69.9 Å². The van der Waals surface area contributed by atoms with E-state index in [1.165, 1.54) is 0 Å². The number of aryl methyl sites for hydroxylation is 2. The number of aromatic nitrogens is 2. The number of nitrogen functional groups attached to an aromatic ring is 2. The maximum absolute atomic E-state index is 5.61. The third-order valence-electron chi connectivity index (χ3n) is 1.54. The van der Waals surface area contributed by atoms with Crippen LogP contribution in [0.5, 0.6) is 0 Å². The van der Waals surface area contributed by atoms with Gasteiger partial charge in [0, 0.05) is 7.05 Å². The third kappa shape index (κ3) is 0.814. The van der Waals surface area contributed by atoms with Gasteiger partial charge in [-0.25, -0.2) is 0 Å². The summed E-state index contributed by atoms with van der Waals surface area (Å²) in [4.78, 5) is 0. The minimum Gasteiger partial charge on any atom is -0.394 e. The molecular weight excluding hydrogens is 128 g/mol. The SMILES string of the molecule is CCc1nn(C)c(N)c1N. The summed E-state index contributed by atoms with van der Waals surface area (Å²) < 4.78 is 1.59. The molecule has 1 aromatic rings. The van der Waals surface area contributed by atoms with E-state index in [4.69, 9.17) is 11.5 Å². The van der Waals surface area contributed by atoms with Crippen LogP contribution < -0.4 is 11.5 Å². The first-order chi connectivity index (χ1) is 4.66. The zero-order chi connectivity index (χ0) is 7.72. The second kappa shape index (κ2) is 2.21. The molecule has 0 saturated heterocycles. The average molecular weight is 140 g/mol. The Morgan fingerprint density at radius 3 is 2.30 bits per heavy atom. The van der Waals surface area contributed by atoms with Gasteiger partial charge < -0.3 is 11.5 Å². The molecule has 0 bridgehead atoms. The number of nitrogens with zero attached hydrogens (tertiary/aromatic N) is 2. The van der Waals surface area contributed by atoms with Crippen molar-refractivity contribution in [3.05, 3.63) is 5.69 Å². The number of hydrogen-bond donors (Lipinski definition) is 2. The third-order valence-corrected chi connectivity index (χ3v) is 1.54. The first-order valence-corrected chi connectivity index (χ1v) is 3.23. The van der Waals surface area contributed by atoms with Gasteiger partial charge in [0.1, 0.15) is 5.82 Å².